The van der Waals surface area contributed by atoms with Crippen molar-refractivity contribution in [2.75, 3.05) is 0 Å². The maximum absolute atomic E-state index is 11.9. The van der Waals surface area contributed by atoms with Gasteiger partial charge in [-0.2, -0.15) is 5.10 Å². The van der Waals surface area contributed by atoms with Gasteiger partial charge in [-0.1, -0.05) is 29.8 Å². The molecule has 0 spiro atoms. The highest BCUT2D eigenvalue weighted by molar-refractivity contribution is 6.31. The fourth-order valence-electron chi connectivity index (χ4n) is 1.92. The fraction of sp³-hybridized carbons (Fsp3) is 0.200. The standard InChI is InChI=1S/C15H13ClN4O3/c1-2-20-15(21)13(16)11(8-17-20)22-9-12-18-19-14(23-12)10-6-4-3-5-7-10/h3-8H,2,9H2,1H3. The third kappa shape index (κ3) is 3.24. The molecule has 8 heteroatoms. The summed E-state index contributed by atoms with van der Waals surface area (Å²) in [6, 6.07) is 9.39. The third-order valence-electron chi connectivity index (χ3n) is 3.09. The minimum atomic E-state index is -0.401. The van der Waals surface area contributed by atoms with Gasteiger partial charge in [0, 0.05) is 12.1 Å². The van der Waals surface area contributed by atoms with Crippen LogP contribution in [0.3, 0.4) is 0 Å². The Morgan fingerprint density at radius 2 is 2.04 bits per heavy atom. The molecule has 1 aromatic carbocycles. The lowest BCUT2D eigenvalue weighted by Gasteiger charge is -2.06. The van der Waals surface area contributed by atoms with Crippen molar-refractivity contribution in [3.63, 3.8) is 0 Å². The molecule has 0 fully saturated rings. The number of aryl methyl sites for hydroxylation is 1. The van der Waals surface area contributed by atoms with E-state index in [4.69, 9.17) is 20.8 Å². The molecule has 0 amide bonds. The van der Waals surface area contributed by atoms with Gasteiger partial charge in [0.05, 0.1) is 6.20 Å². The Morgan fingerprint density at radius 3 is 2.78 bits per heavy atom. The Labute approximate surface area is 136 Å². The summed E-state index contributed by atoms with van der Waals surface area (Å²) in [6.07, 6.45) is 1.39. The minimum absolute atomic E-state index is 0.00316. The first kappa shape index (κ1) is 15.2. The second kappa shape index (κ2) is 6.62. The zero-order chi connectivity index (χ0) is 16.2. The fourth-order valence-corrected chi connectivity index (χ4v) is 2.13. The molecule has 0 unspecified atom stereocenters. The first-order chi connectivity index (χ1) is 11.2. The van der Waals surface area contributed by atoms with Crippen LogP contribution in [0.1, 0.15) is 12.8 Å². The molecule has 2 heterocycles. The van der Waals surface area contributed by atoms with Crippen LogP contribution in [-0.4, -0.2) is 20.0 Å². The largest absolute Gasteiger partial charge is 0.480 e. The van der Waals surface area contributed by atoms with E-state index in [1.807, 2.05) is 30.3 Å². The number of benzene rings is 1. The molecule has 0 N–H and O–H groups in total. The van der Waals surface area contributed by atoms with Gasteiger partial charge in [-0.3, -0.25) is 4.79 Å². The second-order valence-electron chi connectivity index (χ2n) is 4.60. The Morgan fingerprint density at radius 1 is 1.26 bits per heavy atom. The number of aromatic nitrogens is 4. The van der Waals surface area contributed by atoms with Crippen molar-refractivity contribution in [3.05, 3.63) is 57.8 Å². The molecular weight excluding hydrogens is 320 g/mol. The van der Waals surface area contributed by atoms with Gasteiger partial charge < -0.3 is 9.15 Å². The van der Waals surface area contributed by atoms with Crippen LogP contribution in [0.4, 0.5) is 0 Å². The second-order valence-corrected chi connectivity index (χ2v) is 4.98. The molecular formula is C15H13ClN4O3. The van der Waals surface area contributed by atoms with Crippen molar-refractivity contribution in [2.45, 2.75) is 20.1 Å². The van der Waals surface area contributed by atoms with E-state index in [0.717, 1.165) is 5.56 Å². The van der Waals surface area contributed by atoms with Crippen molar-refractivity contribution >= 4 is 11.6 Å². The van der Waals surface area contributed by atoms with Crippen LogP contribution in [-0.2, 0) is 13.2 Å². The summed E-state index contributed by atoms with van der Waals surface area (Å²) < 4.78 is 12.2. The van der Waals surface area contributed by atoms with E-state index in [1.165, 1.54) is 10.9 Å². The molecule has 23 heavy (non-hydrogen) atoms. The average Bonchev–Trinajstić information content (AvgIpc) is 3.06. The zero-order valence-corrected chi connectivity index (χ0v) is 13.0. The zero-order valence-electron chi connectivity index (χ0n) is 12.3. The van der Waals surface area contributed by atoms with Gasteiger partial charge in [0.1, 0.15) is 0 Å². The van der Waals surface area contributed by atoms with Crippen LogP contribution in [0.5, 0.6) is 5.75 Å². The lowest BCUT2D eigenvalue weighted by Crippen LogP contribution is -2.22. The monoisotopic (exact) mass is 332 g/mol. The Bertz CT molecular complexity index is 861. The normalized spacial score (nSPS) is 10.7. The molecule has 3 rings (SSSR count). The molecule has 0 atom stereocenters. The van der Waals surface area contributed by atoms with E-state index < -0.39 is 5.56 Å². The SMILES string of the molecule is CCn1ncc(OCc2nnc(-c3ccccc3)o2)c(Cl)c1=O. The Kier molecular flexibility index (Phi) is 4.38. The van der Waals surface area contributed by atoms with E-state index in [9.17, 15) is 4.79 Å². The first-order valence-corrected chi connectivity index (χ1v) is 7.33. The van der Waals surface area contributed by atoms with Crippen LogP contribution in [0.2, 0.25) is 5.02 Å². The molecule has 0 saturated carbocycles. The van der Waals surface area contributed by atoms with Gasteiger partial charge in [-0.25, -0.2) is 4.68 Å². The molecule has 0 saturated heterocycles. The van der Waals surface area contributed by atoms with Crippen LogP contribution < -0.4 is 10.3 Å². The first-order valence-electron chi connectivity index (χ1n) is 6.95. The highest BCUT2D eigenvalue weighted by Crippen LogP contribution is 2.21. The van der Waals surface area contributed by atoms with E-state index >= 15 is 0 Å². The van der Waals surface area contributed by atoms with Crippen LogP contribution in [0.25, 0.3) is 11.5 Å². The maximum Gasteiger partial charge on any atom is 0.289 e. The highest BCUT2D eigenvalue weighted by Gasteiger charge is 2.12. The molecule has 0 bridgehead atoms. The molecule has 0 aliphatic rings. The van der Waals surface area contributed by atoms with E-state index in [2.05, 4.69) is 15.3 Å². The van der Waals surface area contributed by atoms with E-state index in [-0.39, 0.29) is 23.3 Å². The molecule has 0 aliphatic carbocycles. The van der Waals surface area contributed by atoms with Crippen molar-refractivity contribution in [2.24, 2.45) is 0 Å². The lowest BCUT2D eigenvalue weighted by atomic mass is 10.2. The quantitative estimate of drug-likeness (QED) is 0.714. The van der Waals surface area contributed by atoms with E-state index in [1.54, 1.807) is 6.92 Å². The molecule has 7 nitrogen and oxygen atoms in total. The summed E-state index contributed by atoms with van der Waals surface area (Å²) in [6.45, 7) is 2.23. The third-order valence-corrected chi connectivity index (χ3v) is 3.44. The number of nitrogens with zero attached hydrogens (tertiary/aromatic N) is 4. The Balaban J connectivity index is 1.74. The average molecular weight is 333 g/mol. The molecule has 0 aliphatic heterocycles. The van der Waals surface area contributed by atoms with Crippen molar-refractivity contribution < 1.29 is 9.15 Å². The topological polar surface area (TPSA) is 83.0 Å². The van der Waals surface area contributed by atoms with Gasteiger partial charge in [-0.05, 0) is 19.1 Å². The molecule has 0 radical (unpaired) electrons. The summed E-state index contributed by atoms with van der Waals surface area (Å²) in [4.78, 5) is 11.9. The maximum atomic E-state index is 11.9. The predicted molar refractivity (Wildman–Crippen MR) is 83.2 cm³/mol. The van der Waals surface area contributed by atoms with Crippen molar-refractivity contribution in [1.29, 1.82) is 0 Å². The van der Waals surface area contributed by atoms with Crippen LogP contribution >= 0.6 is 11.6 Å². The number of hydrogen-bond donors (Lipinski definition) is 0. The predicted octanol–water partition coefficient (Wildman–Crippen LogP) is 2.55. The molecule has 118 valence electrons. The summed E-state index contributed by atoms with van der Waals surface area (Å²) >= 11 is 5.98. The van der Waals surface area contributed by atoms with Crippen molar-refractivity contribution in [3.8, 4) is 17.2 Å². The minimum Gasteiger partial charge on any atom is -0.480 e. The number of hydrogen-bond acceptors (Lipinski definition) is 6. The lowest BCUT2D eigenvalue weighted by molar-refractivity contribution is 0.262. The number of halogens is 1. The summed E-state index contributed by atoms with van der Waals surface area (Å²) in [7, 11) is 0. The van der Waals surface area contributed by atoms with Crippen LogP contribution in [0, 0.1) is 0 Å². The van der Waals surface area contributed by atoms with Gasteiger partial charge in [-0.15, -0.1) is 10.2 Å². The summed E-state index contributed by atoms with van der Waals surface area (Å²) in [5.74, 6) is 0.857. The summed E-state index contributed by atoms with van der Waals surface area (Å²) in [5.41, 5.74) is 0.415. The number of ether oxygens (including phenoxy) is 1. The van der Waals surface area contributed by atoms with Crippen molar-refractivity contribution in [1.82, 2.24) is 20.0 Å². The smallest absolute Gasteiger partial charge is 0.289 e. The van der Waals surface area contributed by atoms with Gasteiger partial charge >= 0.3 is 0 Å². The molecule has 3 aromatic rings. The van der Waals surface area contributed by atoms with E-state index in [0.29, 0.717) is 12.4 Å². The molecule has 2 aromatic heterocycles. The van der Waals surface area contributed by atoms with Gasteiger partial charge in [0.25, 0.3) is 11.4 Å². The Hall–Kier alpha value is -2.67. The van der Waals surface area contributed by atoms with Gasteiger partial charge in [0.15, 0.2) is 17.4 Å². The number of rotatable bonds is 5. The van der Waals surface area contributed by atoms with Gasteiger partial charge in [0.2, 0.25) is 5.89 Å². The summed E-state index contributed by atoms with van der Waals surface area (Å²) in [5, 5.41) is 11.8. The van der Waals surface area contributed by atoms with Crippen LogP contribution in [0.15, 0.2) is 45.7 Å². The highest BCUT2D eigenvalue weighted by atomic mass is 35.5.